The minimum Gasteiger partial charge on any atom is -0.365 e. The number of rotatable bonds is 3. The van der Waals surface area contributed by atoms with Crippen molar-refractivity contribution in [2.24, 2.45) is 11.8 Å². The molecule has 2 aliphatic heterocycles. The van der Waals surface area contributed by atoms with Crippen LogP contribution in [0.15, 0.2) is 0 Å². The lowest BCUT2D eigenvalue weighted by atomic mass is 9.77. The fourth-order valence-corrected chi connectivity index (χ4v) is 2.73. The van der Waals surface area contributed by atoms with E-state index >= 15 is 0 Å². The van der Waals surface area contributed by atoms with E-state index in [0.717, 1.165) is 6.42 Å². The molecule has 116 valence electrons. The van der Waals surface area contributed by atoms with Crippen LogP contribution in [0.5, 0.6) is 0 Å². The lowest BCUT2D eigenvalue weighted by Crippen LogP contribution is -2.68. The molecule has 2 aliphatic rings. The summed E-state index contributed by atoms with van der Waals surface area (Å²) in [5.41, 5.74) is -0.161. The monoisotopic (exact) mass is 293 g/mol. The molecule has 6 nitrogen and oxygen atoms in total. The molecule has 0 aromatic rings. The largest absolute Gasteiger partial charge is 0.365 e. The van der Waals surface area contributed by atoms with Gasteiger partial charge in [0, 0.05) is 17.6 Å². The third-order valence-electron chi connectivity index (χ3n) is 4.15. The zero-order valence-corrected chi connectivity index (χ0v) is 13.4. The first-order chi connectivity index (χ1) is 9.51. The third-order valence-corrected chi connectivity index (χ3v) is 4.15. The summed E-state index contributed by atoms with van der Waals surface area (Å²) >= 11 is 0. The Labute approximate surface area is 127 Å². The van der Waals surface area contributed by atoms with Gasteiger partial charge >= 0.3 is 0 Å². The van der Waals surface area contributed by atoms with Gasteiger partial charge in [0.1, 0.15) is 0 Å². The molecule has 0 aromatic carbocycles. The molecule has 7 heteroatoms. The highest BCUT2D eigenvalue weighted by atomic mass is 16.2. The van der Waals surface area contributed by atoms with E-state index in [0.29, 0.717) is 6.54 Å². The van der Waals surface area contributed by atoms with Crippen LogP contribution in [-0.2, 0) is 9.59 Å². The summed E-state index contributed by atoms with van der Waals surface area (Å²) in [5, 5.41) is 7.98. The number of hydrogen-bond donors (Lipinski definition) is 3. The van der Waals surface area contributed by atoms with E-state index in [-0.39, 0.29) is 34.7 Å². The van der Waals surface area contributed by atoms with Crippen molar-refractivity contribution in [2.45, 2.75) is 52.1 Å². The van der Waals surface area contributed by atoms with Gasteiger partial charge in [-0.15, -0.1) is 0 Å². The molecule has 0 unspecified atom stereocenters. The summed E-state index contributed by atoms with van der Waals surface area (Å²) in [6.07, 6.45) is 0.957. The maximum atomic E-state index is 11.0. The molecule has 0 aliphatic carbocycles. The van der Waals surface area contributed by atoms with Gasteiger partial charge in [-0.25, -0.2) is 0 Å². The average molecular weight is 293 g/mol. The number of amides is 3. The van der Waals surface area contributed by atoms with Gasteiger partial charge in [0.2, 0.25) is 11.8 Å². The van der Waals surface area contributed by atoms with Crippen molar-refractivity contribution < 1.29 is 14.4 Å². The van der Waals surface area contributed by atoms with Crippen LogP contribution in [-0.4, -0.2) is 43.1 Å². The van der Waals surface area contributed by atoms with Crippen LogP contribution >= 0.6 is 0 Å². The Morgan fingerprint density at radius 1 is 1.10 bits per heavy atom. The second kappa shape index (κ2) is 6.07. The molecule has 21 heavy (non-hydrogen) atoms. The first-order valence-corrected chi connectivity index (χ1v) is 7.18. The van der Waals surface area contributed by atoms with E-state index in [1.54, 1.807) is 0 Å². The lowest BCUT2D eigenvalue weighted by molar-refractivity contribution is -0.140. The highest BCUT2D eigenvalue weighted by Crippen LogP contribution is 2.28. The van der Waals surface area contributed by atoms with Gasteiger partial charge < -0.3 is 16.0 Å². The van der Waals surface area contributed by atoms with Gasteiger partial charge in [0.15, 0.2) is 13.7 Å². The Kier molecular flexibility index (Phi) is 5.07. The van der Waals surface area contributed by atoms with Crippen LogP contribution in [0, 0.1) is 11.8 Å². The molecule has 0 saturated carbocycles. The van der Waals surface area contributed by atoms with E-state index in [1.807, 2.05) is 20.8 Å². The van der Waals surface area contributed by atoms with Gasteiger partial charge in [0.05, 0.1) is 11.8 Å². The van der Waals surface area contributed by atoms with E-state index in [4.69, 9.17) is 7.85 Å². The fourth-order valence-electron chi connectivity index (χ4n) is 2.73. The molecule has 2 radical (unpaired) electrons. The first kappa shape index (κ1) is 17.5. The van der Waals surface area contributed by atoms with Crippen LogP contribution < -0.4 is 16.0 Å². The summed E-state index contributed by atoms with van der Waals surface area (Å²) in [6.45, 7) is 10.3. The highest BCUT2D eigenvalue weighted by molar-refractivity contribution is 6.57. The quantitative estimate of drug-likeness (QED) is 0.517. The predicted octanol–water partition coefficient (Wildman–Crippen LogP) is 0.310. The van der Waals surface area contributed by atoms with Crippen LogP contribution in [0.3, 0.4) is 0 Å². The third kappa shape index (κ3) is 3.98. The Hall–Kier alpha value is -1.53. The summed E-state index contributed by atoms with van der Waals surface area (Å²) in [7, 11) is 4.87. The molecule has 3 N–H and O–H groups in total. The van der Waals surface area contributed by atoms with Gasteiger partial charge in [0.25, 0.3) is 0 Å². The van der Waals surface area contributed by atoms with Crippen molar-refractivity contribution in [3.63, 3.8) is 0 Å². The normalized spacial score (nSPS) is 27.9. The topological polar surface area (TPSA) is 87.3 Å². The van der Waals surface area contributed by atoms with Crippen molar-refractivity contribution in [3.8, 4) is 0 Å². The number of β-lactam (4-membered cyclic amide) rings is 2. The smallest absolute Gasteiger partial charge is 0.227 e. The summed E-state index contributed by atoms with van der Waals surface area (Å²) < 4.78 is 0. The SMILES string of the molecule is CC[C@H]1C(=O)NC1(C)C.[B]C(=O)NC[C@H]1C(=O)NC1(C)C. The maximum absolute atomic E-state index is 11.0. The van der Waals surface area contributed by atoms with Crippen LogP contribution in [0.2, 0.25) is 0 Å². The van der Waals surface area contributed by atoms with E-state index in [9.17, 15) is 14.4 Å². The highest BCUT2D eigenvalue weighted by Gasteiger charge is 2.46. The van der Waals surface area contributed by atoms with Crippen LogP contribution in [0.4, 0.5) is 4.79 Å². The van der Waals surface area contributed by atoms with Crippen molar-refractivity contribution in [1.82, 2.24) is 16.0 Å². The van der Waals surface area contributed by atoms with Crippen molar-refractivity contribution >= 4 is 25.5 Å². The number of carbonyl (C=O) groups is 3. The average Bonchev–Trinajstić information content (AvgIpc) is 2.27. The van der Waals surface area contributed by atoms with Gasteiger partial charge in [-0.3, -0.25) is 14.4 Å². The minimum absolute atomic E-state index is 0.0336. The molecule has 0 spiro atoms. The fraction of sp³-hybridized carbons (Fsp3) is 0.786. The van der Waals surface area contributed by atoms with Gasteiger partial charge in [-0.2, -0.15) is 0 Å². The molecule has 0 aromatic heterocycles. The number of carbonyl (C=O) groups excluding carboxylic acids is 3. The molecule has 2 atom stereocenters. The molecule has 2 rings (SSSR count). The van der Waals surface area contributed by atoms with Crippen molar-refractivity contribution in [2.75, 3.05) is 6.54 Å². The second-order valence-electron chi connectivity index (χ2n) is 6.68. The molecule has 2 fully saturated rings. The second-order valence-corrected chi connectivity index (χ2v) is 6.68. The van der Waals surface area contributed by atoms with Crippen LogP contribution in [0.25, 0.3) is 0 Å². The minimum atomic E-state index is -0.592. The standard InChI is InChI=1S/C7H11BN2O2.C7H13NO/c1-7(2)4(5(11)10-7)3-9-6(8)12;1-4-5-6(9)8-7(5,2)3/h4H,3H2,1-2H3,(H,9,12)(H,10,11);5H,4H2,1-3H3,(H,8,9)/t4-;5-/m00/s1. The summed E-state index contributed by atoms with van der Waals surface area (Å²) in [5.74, 6) is -0.329. The molecule has 3 amide bonds. The number of nitrogens with one attached hydrogen (secondary N) is 3. The predicted molar refractivity (Wildman–Crippen MR) is 80.9 cm³/mol. The summed E-state index contributed by atoms with van der Waals surface area (Å²) in [6, 6.07) is 0. The Morgan fingerprint density at radius 2 is 1.52 bits per heavy atom. The first-order valence-electron chi connectivity index (χ1n) is 7.18. The van der Waals surface area contributed by atoms with Crippen molar-refractivity contribution in [3.05, 3.63) is 0 Å². The zero-order valence-electron chi connectivity index (χ0n) is 13.4. The van der Waals surface area contributed by atoms with E-state index in [2.05, 4.69) is 29.8 Å². The lowest BCUT2D eigenvalue weighted by Gasteiger charge is -2.44. The molecular weight excluding hydrogens is 269 g/mol. The van der Waals surface area contributed by atoms with Crippen molar-refractivity contribution in [1.29, 1.82) is 0 Å². The van der Waals surface area contributed by atoms with Crippen LogP contribution in [0.1, 0.15) is 41.0 Å². The number of hydrogen-bond acceptors (Lipinski definition) is 3. The molecule has 0 bridgehead atoms. The Morgan fingerprint density at radius 3 is 1.71 bits per heavy atom. The molecular formula is C14H24BN3O3. The molecule has 2 saturated heterocycles. The summed E-state index contributed by atoms with van der Waals surface area (Å²) in [4.78, 5) is 32.1. The van der Waals surface area contributed by atoms with E-state index in [1.165, 1.54) is 0 Å². The Bertz CT molecular complexity index is 449. The maximum Gasteiger partial charge on any atom is 0.227 e. The van der Waals surface area contributed by atoms with Gasteiger partial charge in [-0.1, -0.05) is 6.92 Å². The van der Waals surface area contributed by atoms with E-state index < -0.39 is 5.81 Å². The molecule has 2 heterocycles. The Balaban J connectivity index is 0.000000219. The van der Waals surface area contributed by atoms with Gasteiger partial charge in [-0.05, 0) is 34.1 Å². The zero-order chi connectivity index (χ0) is 16.4.